The third kappa shape index (κ3) is 3.70. The van der Waals surface area contributed by atoms with Gasteiger partial charge >= 0.3 is 5.97 Å². The van der Waals surface area contributed by atoms with Gasteiger partial charge in [-0.2, -0.15) is 5.10 Å². The first kappa shape index (κ1) is 12.9. The van der Waals surface area contributed by atoms with Gasteiger partial charge in [0.25, 0.3) is 5.56 Å². The Balaban J connectivity index is 1.78. The second kappa shape index (κ2) is 5.85. The number of nitrogen functional groups attached to an aromatic ring is 1. The Bertz CT molecular complexity index is 617. The number of nitrogens with zero attached hydrogens (tertiary/aromatic N) is 3. The second-order valence-electron chi connectivity index (χ2n) is 3.92. The summed E-state index contributed by atoms with van der Waals surface area (Å²) in [6, 6.07) is 4.86. The number of esters is 1. The van der Waals surface area contributed by atoms with E-state index in [1.54, 1.807) is 24.5 Å². The van der Waals surface area contributed by atoms with Crippen molar-refractivity contribution < 1.29 is 9.53 Å². The summed E-state index contributed by atoms with van der Waals surface area (Å²) in [4.78, 5) is 22.9. The summed E-state index contributed by atoms with van der Waals surface area (Å²) in [7, 11) is 0. The van der Waals surface area contributed by atoms with E-state index in [1.807, 2.05) is 0 Å². The van der Waals surface area contributed by atoms with Crippen LogP contribution >= 0.6 is 0 Å². The van der Waals surface area contributed by atoms with E-state index in [2.05, 4.69) is 5.10 Å². The van der Waals surface area contributed by atoms with Crippen LogP contribution in [0.5, 0.6) is 0 Å². The molecule has 19 heavy (non-hydrogen) atoms. The number of carbonyl (C=O) groups excluding carboxylic acids is 1. The van der Waals surface area contributed by atoms with Gasteiger partial charge in [-0.25, -0.2) is 0 Å². The number of ether oxygens (including phenoxy) is 1. The number of rotatable bonds is 5. The summed E-state index contributed by atoms with van der Waals surface area (Å²) >= 11 is 0. The van der Waals surface area contributed by atoms with Crippen molar-refractivity contribution in [3.63, 3.8) is 0 Å². The monoisotopic (exact) mass is 262 g/mol. The normalized spacial score (nSPS) is 10.3. The number of hydrogen-bond acceptors (Lipinski definition) is 5. The van der Waals surface area contributed by atoms with Gasteiger partial charge in [0.15, 0.2) is 0 Å². The lowest BCUT2D eigenvalue weighted by Crippen LogP contribution is -2.22. The molecule has 0 amide bonds. The van der Waals surface area contributed by atoms with Gasteiger partial charge < -0.3 is 15.0 Å². The lowest BCUT2D eigenvalue weighted by molar-refractivity contribution is -0.144. The zero-order valence-corrected chi connectivity index (χ0v) is 10.2. The fourth-order valence-corrected chi connectivity index (χ4v) is 1.55. The minimum atomic E-state index is -0.424. The molecule has 2 N–H and O–H groups in total. The van der Waals surface area contributed by atoms with Crippen molar-refractivity contribution in [2.45, 2.75) is 13.1 Å². The van der Waals surface area contributed by atoms with Gasteiger partial charge in [0, 0.05) is 18.5 Å². The van der Waals surface area contributed by atoms with Crippen LogP contribution in [0.15, 0.2) is 41.6 Å². The topological polar surface area (TPSA) is 92.1 Å². The molecule has 2 rings (SSSR count). The highest BCUT2D eigenvalue weighted by Crippen LogP contribution is 1.98. The summed E-state index contributed by atoms with van der Waals surface area (Å²) in [6.07, 6.45) is 4.64. The van der Waals surface area contributed by atoms with Gasteiger partial charge in [0.2, 0.25) is 0 Å². The molecule has 0 aliphatic heterocycles. The van der Waals surface area contributed by atoms with Crippen LogP contribution in [0, 0.1) is 0 Å². The Morgan fingerprint density at radius 1 is 1.42 bits per heavy atom. The molecule has 0 bridgehead atoms. The molecule has 2 aromatic rings. The van der Waals surface area contributed by atoms with E-state index < -0.39 is 5.97 Å². The molecule has 0 radical (unpaired) electrons. The Hall–Kier alpha value is -2.57. The van der Waals surface area contributed by atoms with Gasteiger partial charge in [-0.3, -0.25) is 14.3 Å². The number of aromatic nitrogens is 3. The Morgan fingerprint density at radius 2 is 2.26 bits per heavy atom. The van der Waals surface area contributed by atoms with E-state index in [9.17, 15) is 9.59 Å². The molecule has 0 saturated heterocycles. The van der Waals surface area contributed by atoms with Gasteiger partial charge in [-0.1, -0.05) is 6.07 Å². The average Bonchev–Trinajstić information content (AvgIpc) is 2.77. The van der Waals surface area contributed by atoms with E-state index in [1.165, 1.54) is 21.5 Å². The van der Waals surface area contributed by atoms with Crippen molar-refractivity contribution in [3.05, 3.63) is 47.1 Å². The first-order valence-electron chi connectivity index (χ1n) is 5.74. The molecular weight excluding hydrogens is 248 g/mol. The molecule has 0 saturated carbocycles. The third-order valence-electron chi connectivity index (χ3n) is 2.44. The van der Waals surface area contributed by atoms with Crippen LogP contribution in [-0.4, -0.2) is 26.9 Å². The quantitative estimate of drug-likeness (QED) is 0.758. The summed E-state index contributed by atoms with van der Waals surface area (Å²) in [5, 5.41) is 3.87. The largest absolute Gasteiger partial charge is 0.462 e. The van der Waals surface area contributed by atoms with E-state index in [-0.39, 0.29) is 18.7 Å². The zero-order chi connectivity index (χ0) is 13.7. The highest BCUT2D eigenvalue weighted by molar-refractivity contribution is 5.69. The van der Waals surface area contributed by atoms with Crippen molar-refractivity contribution in [1.82, 2.24) is 14.3 Å². The number of hydrogen-bond donors (Lipinski definition) is 1. The summed E-state index contributed by atoms with van der Waals surface area (Å²) in [5.74, 6) is -0.424. The summed E-state index contributed by atoms with van der Waals surface area (Å²) in [5.41, 5.74) is 5.84. The lowest BCUT2D eigenvalue weighted by atomic mass is 10.4. The Morgan fingerprint density at radius 3 is 2.95 bits per heavy atom. The highest BCUT2D eigenvalue weighted by Gasteiger charge is 2.05. The standard InChI is InChI=1S/C12H14N4O3/c13-10-7-14-16(8-10)9-12(18)19-6-5-15-4-2-1-3-11(15)17/h1-4,7-8H,5-6,9,13H2. The maximum Gasteiger partial charge on any atom is 0.327 e. The van der Waals surface area contributed by atoms with Crippen LogP contribution in [0.25, 0.3) is 0 Å². The van der Waals surface area contributed by atoms with Crippen molar-refractivity contribution >= 4 is 11.7 Å². The summed E-state index contributed by atoms with van der Waals surface area (Å²) in [6.45, 7) is 0.465. The molecule has 0 fully saturated rings. The predicted octanol–water partition coefficient (Wildman–Crippen LogP) is -0.130. The van der Waals surface area contributed by atoms with Gasteiger partial charge in [0.1, 0.15) is 13.2 Å². The van der Waals surface area contributed by atoms with Crippen molar-refractivity contribution in [2.75, 3.05) is 12.3 Å². The maximum atomic E-state index is 11.5. The lowest BCUT2D eigenvalue weighted by Gasteiger charge is -2.06. The van der Waals surface area contributed by atoms with Crippen molar-refractivity contribution in [3.8, 4) is 0 Å². The maximum absolute atomic E-state index is 11.5. The molecule has 0 unspecified atom stereocenters. The van der Waals surface area contributed by atoms with Crippen molar-refractivity contribution in [2.24, 2.45) is 0 Å². The first-order chi connectivity index (χ1) is 9.15. The SMILES string of the molecule is Nc1cnn(CC(=O)OCCn2ccccc2=O)c1. The predicted molar refractivity (Wildman–Crippen MR) is 68.3 cm³/mol. The molecule has 0 atom stereocenters. The van der Waals surface area contributed by atoms with Gasteiger partial charge in [0.05, 0.1) is 18.4 Å². The van der Waals surface area contributed by atoms with Crippen LogP contribution in [0.1, 0.15) is 0 Å². The third-order valence-corrected chi connectivity index (χ3v) is 2.44. The van der Waals surface area contributed by atoms with Crippen LogP contribution in [0.3, 0.4) is 0 Å². The van der Waals surface area contributed by atoms with Crippen molar-refractivity contribution in [1.29, 1.82) is 0 Å². The van der Waals surface area contributed by atoms with Crippen LogP contribution in [0.2, 0.25) is 0 Å². The number of pyridine rings is 1. The van der Waals surface area contributed by atoms with Crippen LogP contribution < -0.4 is 11.3 Å². The average molecular weight is 262 g/mol. The minimum Gasteiger partial charge on any atom is -0.462 e. The van der Waals surface area contributed by atoms with E-state index in [0.29, 0.717) is 12.2 Å². The zero-order valence-electron chi connectivity index (χ0n) is 10.2. The molecule has 0 aromatic carbocycles. The molecule has 2 aromatic heterocycles. The van der Waals surface area contributed by atoms with Crippen LogP contribution in [-0.2, 0) is 22.6 Å². The molecule has 7 heteroatoms. The fourth-order valence-electron chi connectivity index (χ4n) is 1.55. The molecule has 0 aliphatic rings. The molecule has 2 heterocycles. The van der Waals surface area contributed by atoms with Gasteiger partial charge in [-0.05, 0) is 6.07 Å². The molecular formula is C12H14N4O3. The molecule has 0 spiro atoms. The van der Waals surface area contributed by atoms with Crippen LogP contribution in [0.4, 0.5) is 5.69 Å². The van der Waals surface area contributed by atoms with E-state index >= 15 is 0 Å². The Labute approximate surface area is 109 Å². The number of nitrogens with two attached hydrogens (primary N) is 1. The first-order valence-corrected chi connectivity index (χ1v) is 5.74. The smallest absolute Gasteiger partial charge is 0.327 e. The Kier molecular flexibility index (Phi) is 3.97. The number of anilines is 1. The molecule has 0 aliphatic carbocycles. The number of carbonyl (C=O) groups is 1. The summed E-state index contributed by atoms with van der Waals surface area (Å²) < 4.78 is 7.88. The van der Waals surface area contributed by atoms with E-state index in [0.717, 1.165) is 0 Å². The fraction of sp³-hybridized carbons (Fsp3) is 0.250. The second-order valence-corrected chi connectivity index (χ2v) is 3.92. The van der Waals surface area contributed by atoms with E-state index in [4.69, 9.17) is 10.5 Å². The molecule has 7 nitrogen and oxygen atoms in total. The highest BCUT2D eigenvalue weighted by atomic mass is 16.5. The minimum absolute atomic E-state index is 0.000881. The van der Waals surface area contributed by atoms with Gasteiger partial charge in [-0.15, -0.1) is 0 Å². The molecule has 100 valence electrons.